The molecule has 29 heavy (non-hydrogen) atoms. The Morgan fingerprint density at radius 1 is 0.862 bits per heavy atom. The molecule has 0 saturated heterocycles. The molecule has 2 heterocycles. The molecule has 3 heteroatoms. The second-order valence-corrected chi connectivity index (χ2v) is 9.64. The third kappa shape index (κ3) is 3.51. The van der Waals surface area contributed by atoms with Gasteiger partial charge in [0.1, 0.15) is 0 Å². The van der Waals surface area contributed by atoms with E-state index in [0.717, 1.165) is 0 Å². The maximum Gasteiger partial charge on any atom is 0.213 e. The Morgan fingerprint density at radius 2 is 1.59 bits per heavy atom. The van der Waals surface area contributed by atoms with Crippen molar-refractivity contribution in [3.63, 3.8) is 0 Å². The molecule has 2 aromatic carbocycles. The summed E-state index contributed by atoms with van der Waals surface area (Å²) in [5.74, 6) is 0. The minimum absolute atomic E-state index is 0.347. The van der Waals surface area contributed by atoms with E-state index in [9.17, 15) is 0 Å². The minimum atomic E-state index is 0.347. The summed E-state index contributed by atoms with van der Waals surface area (Å²) in [4.78, 5) is 3.74. The predicted molar refractivity (Wildman–Crippen MR) is 122 cm³/mol. The molecule has 0 radical (unpaired) electrons. The zero-order chi connectivity index (χ0) is 19.8. The molecular formula is C26H29N2S+. The molecule has 0 amide bonds. The lowest BCUT2D eigenvalue weighted by molar-refractivity contribution is -0.715. The zero-order valence-electron chi connectivity index (χ0n) is 17.3. The van der Waals surface area contributed by atoms with Gasteiger partial charge >= 0.3 is 0 Å². The molecule has 1 unspecified atom stereocenters. The summed E-state index contributed by atoms with van der Waals surface area (Å²) in [5.41, 5.74) is 6.89. The van der Waals surface area contributed by atoms with Crippen molar-refractivity contribution in [3.05, 3.63) is 72.4 Å². The van der Waals surface area contributed by atoms with Crippen LogP contribution in [0.1, 0.15) is 49.1 Å². The first kappa shape index (κ1) is 18.9. The van der Waals surface area contributed by atoms with Gasteiger partial charge in [-0.25, -0.2) is 0 Å². The number of thioether (sulfide) groups is 1. The maximum absolute atomic E-state index is 2.61. The van der Waals surface area contributed by atoms with Crippen LogP contribution in [-0.2, 0) is 0 Å². The Morgan fingerprint density at radius 3 is 2.34 bits per heavy atom. The van der Waals surface area contributed by atoms with Gasteiger partial charge in [-0.3, -0.25) is 4.90 Å². The number of rotatable bonds is 3. The average molecular weight is 402 g/mol. The summed E-state index contributed by atoms with van der Waals surface area (Å²) in [5, 5.41) is 0.347. The fraction of sp³-hybridized carbons (Fsp3) is 0.346. The normalized spacial score (nSPS) is 19.1. The third-order valence-corrected chi connectivity index (χ3v) is 7.85. The van der Waals surface area contributed by atoms with Crippen LogP contribution in [0.5, 0.6) is 0 Å². The minimum Gasteiger partial charge on any atom is -0.293 e. The second-order valence-electron chi connectivity index (χ2n) is 8.52. The summed E-state index contributed by atoms with van der Waals surface area (Å²) in [6.45, 7) is 0. The van der Waals surface area contributed by atoms with E-state index in [1.165, 1.54) is 64.9 Å². The van der Waals surface area contributed by atoms with E-state index in [1.807, 2.05) is 11.8 Å². The summed E-state index contributed by atoms with van der Waals surface area (Å²) < 4.78 is 2.61. The fourth-order valence-electron chi connectivity index (χ4n) is 4.88. The third-order valence-electron chi connectivity index (χ3n) is 6.34. The highest BCUT2D eigenvalue weighted by atomic mass is 32.2. The van der Waals surface area contributed by atoms with Gasteiger partial charge in [0.15, 0.2) is 12.2 Å². The summed E-state index contributed by atoms with van der Waals surface area (Å²) in [6.07, 6.45) is 9.14. The Labute approximate surface area is 178 Å². The van der Waals surface area contributed by atoms with E-state index in [-0.39, 0.29) is 0 Å². The van der Waals surface area contributed by atoms with Gasteiger partial charge in [0.2, 0.25) is 5.69 Å². The number of aromatic nitrogens is 1. The molecule has 148 valence electrons. The van der Waals surface area contributed by atoms with Crippen LogP contribution < -0.4 is 4.57 Å². The van der Waals surface area contributed by atoms with Crippen molar-refractivity contribution >= 4 is 11.8 Å². The van der Waals surface area contributed by atoms with Crippen molar-refractivity contribution < 1.29 is 4.57 Å². The van der Waals surface area contributed by atoms with E-state index >= 15 is 0 Å². The topological polar surface area (TPSA) is 7.12 Å². The van der Waals surface area contributed by atoms with Crippen LogP contribution in [0, 0.1) is 0 Å². The lowest BCUT2D eigenvalue weighted by Crippen LogP contribution is -2.43. The first-order valence-electron chi connectivity index (χ1n) is 10.8. The molecule has 2 aliphatic rings. The number of pyridine rings is 1. The Hall–Kier alpha value is -2.10. The molecule has 3 aromatic rings. The van der Waals surface area contributed by atoms with Crippen molar-refractivity contribution in [2.24, 2.45) is 0 Å². The number of fused-ring (bicyclic) bond motifs is 3. The number of benzene rings is 2. The highest BCUT2D eigenvalue weighted by Gasteiger charge is 2.34. The molecule has 2 nitrogen and oxygen atoms in total. The molecule has 5 rings (SSSR count). The highest BCUT2D eigenvalue weighted by Crippen LogP contribution is 2.50. The Balaban J connectivity index is 1.75. The standard InChI is InChI=1S/C26H29N2S/c1-27(2)26-23-18-28(20-13-7-4-8-14-20)24(19-11-5-3-6-12-19)17-22(23)21-15-9-10-16-25(21)29-26/h3,5-6,9-12,15-18,20,26H,4,7-8,13-14H2,1-2H3/q+1. The molecule has 1 fully saturated rings. The van der Waals surface area contributed by atoms with Gasteiger partial charge in [-0.2, -0.15) is 4.57 Å². The van der Waals surface area contributed by atoms with Gasteiger partial charge in [-0.1, -0.05) is 42.8 Å². The molecular weight excluding hydrogens is 372 g/mol. The van der Waals surface area contributed by atoms with Gasteiger partial charge in [-0.05, 0) is 50.7 Å². The van der Waals surface area contributed by atoms with Crippen molar-refractivity contribution in [2.75, 3.05) is 14.1 Å². The molecule has 1 aliphatic carbocycles. The number of hydrogen-bond donors (Lipinski definition) is 0. The van der Waals surface area contributed by atoms with Crippen LogP contribution in [0.25, 0.3) is 22.4 Å². The first-order chi connectivity index (χ1) is 14.2. The summed E-state index contributed by atoms with van der Waals surface area (Å²) >= 11 is 1.98. The number of nitrogens with zero attached hydrogens (tertiary/aromatic N) is 2. The predicted octanol–water partition coefficient (Wildman–Crippen LogP) is 6.48. The average Bonchev–Trinajstić information content (AvgIpc) is 2.78. The lowest BCUT2D eigenvalue weighted by Gasteiger charge is -2.31. The van der Waals surface area contributed by atoms with Gasteiger partial charge in [-0.15, -0.1) is 11.8 Å². The van der Waals surface area contributed by atoms with Gasteiger partial charge < -0.3 is 0 Å². The van der Waals surface area contributed by atoms with E-state index < -0.39 is 0 Å². The van der Waals surface area contributed by atoms with Crippen molar-refractivity contribution in [3.8, 4) is 22.4 Å². The SMILES string of the molecule is CN(C)C1Sc2ccccc2-c2cc(-c3ccccc3)[n+](C3CCCCC3)cc21. The fourth-order valence-corrected chi connectivity index (χ4v) is 6.10. The zero-order valence-corrected chi connectivity index (χ0v) is 18.2. The van der Waals surface area contributed by atoms with Gasteiger partial charge in [0, 0.05) is 34.9 Å². The Bertz CT molecular complexity index is 1010. The number of hydrogen-bond acceptors (Lipinski definition) is 2. The largest absolute Gasteiger partial charge is 0.293 e. The molecule has 1 atom stereocenters. The molecule has 0 bridgehead atoms. The van der Waals surface area contributed by atoms with Crippen molar-refractivity contribution in [1.82, 2.24) is 4.90 Å². The van der Waals surface area contributed by atoms with E-state index in [1.54, 1.807) is 0 Å². The van der Waals surface area contributed by atoms with E-state index in [4.69, 9.17) is 0 Å². The van der Waals surface area contributed by atoms with Crippen molar-refractivity contribution in [1.29, 1.82) is 0 Å². The molecule has 1 aromatic heterocycles. The molecule has 0 N–H and O–H groups in total. The van der Waals surface area contributed by atoms with Crippen LogP contribution in [0.2, 0.25) is 0 Å². The smallest absolute Gasteiger partial charge is 0.213 e. The van der Waals surface area contributed by atoms with E-state index in [0.29, 0.717) is 11.4 Å². The quantitative estimate of drug-likeness (QED) is 0.464. The van der Waals surface area contributed by atoms with E-state index in [2.05, 4.69) is 90.4 Å². The van der Waals surface area contributed by atoms with Crippen LogP contribution in [0.3, 0.4) is 0 Å². The first-order valence-corrected chi connectivity index (χ1v) is 11.7. The van der Waals surface area contributed by atoms with Crippen LogP contribution in [-0.4, -0.2) is 19.0 Å². The van der Waals surface area contributed by atoms with Crippen LogP contribution in [0.4, 0.5) is 0 Å². The summed E-state index contributed by atoms with van der Waals surface area (Å²) in [7, 11) is 4.40. The second kappa shape index (κ2) is 7.97. The van der Waals surface area contributed by atoms with Crippen LogP contribution >= 0.6 is 11.8 Å². The molecule has 1 saturated carbocycles. The maximum atomic E-state index is 2.61. The van der Waals surface area contributed by atoms with Crippen molar-refractivity contribution in [2.45, 2.75) is 48.4 Å². The van der Waals surface area contributed by atoms with Gasteiger partial charge in [0.05, 0.1) is 10.9 Å². The molecule has 1 aliphatic heterocycles. The monoisotopic (exact) mass is 401 g/mol. The van der Waals surface area contributed by atoms with Gasteiger partial charge in [0.25, 0.3) is 0 Å². The molecule has 0 spiro atoms. The highest BCUT2D eigenvalue weighted by molar-refractivity contribution is 7.99. The summed E-state index contributed by atoms with van der Waals surface area (Å²) in [6, 6.07) is 22.9. The lowest BCUT2D eigenvalue weighted by atomic mass is 9.92. The Kier molecular flexibility index (Phi) is 5.19. The van der Waals surface area contributed by atoms with Crippen LogP contribution in [0.15, 0.2) is 71.8 Å².